The quantitative estimate of drug-likeness (QED) is 0.0721. The molecule has 4 N–H and O–H groups in total. The number of carbonyl (C=O) groups is 5. The van der Waals surface area contributed by atoms with Crippen molar-refractivity contribution in [2.45, 2.75) is 50.8 Å². The molecule has 20 heteroatoms. The monoisotopic (exact) mass is 894 g/mol. The topological polar surface area (TPSA) is 210 Å². The van der Waals surface area contributed by atoms with Gasteiger partial charge in [-0.05, 0) is 62.6 Å². The average molecular weight is 896 g/mol. The van der Waals surface area contributed by atoms with Crippen LogP contribution in [0.4, 0.5) is 10.2 Å². The first kappa shape index (κ1) is 44.4. The van der Waals surface area contributed by atoms with Gasteiger partial charge in [-0.1, -0.05) is 23.2 Å². The summed E-state index contributed by atoms with van der Waals surface area (Å²) in [5.41, 5.74) is 8.23. The van der Waals surface area contributed by atoms with Gasteiger partial charge >= 0.3 is 0 Å². The maximum absolute atomic E-state index is 14.1. The molecule has 328 valence electrons. The number of carbonyl (C=O) groups excluding carboxylic acids is 5. The predicted molar refractivity (Wildman–Crippen MR) is 223 cm³/mol. The predicted octanol–water partition coefficient (Wildman–Crippen LogP) is 4.38. The number of likely N-dealkylation sites (tertiary alicyclic amines) is 1. The van der Waals surface area contributed by atoms with Crippen LogP contribution in [0.25, 0.3) is 11.1 Å². The summed E-state index contributed by atoms with van der Waals surface area (Å²) < 4.78 is 39.0. The van der Waals surface area contributed by atoms with Crippen molar-refractivity contribution in [1.29, 1.82) is 0 Å². The Kier molecular flexibility index (Phi) is 14.3. The molecule has 17 nitrogen and oxygen atoms in total. The van der Waals surface area contributed by atoms with E-state index in [4.69, 9.17) is 47.9 Å². The van der Waals surface area contributed by atoms with E-state index in [1.165, 1.54) is 30.3 Å². The van der Waals surface area contributed by atoms with E-state index in [0.717, 1.165) is 48.5 Å². The number of imide groups is 2. The van der Waals surface area contributed by atoms with E-state index in [9.17, 15) is 28.4 Å². The third kappa shape index (κ3) is 10.3. The molecule has 1 unspecified atom stereocenters. The Balaban J connectivity index is 0.746. The molecule has 62 heavy (non-hydrogen) atoms. The standard InChI is InChI=1S/C42H45Cl2FN8O9/c1-24(37-31(43)4-5-32(45)38(37)44)62-34-18-25(20-48-39(34)46)26-21-49-52(22-26)27-8-11-51(12-9-27)13-15-60-17-16-59-14-10-47-36(55)23-61-28-2-3-29-30(19-28)42(58)53(41(29)57)33-6-7-35(54)50-40(33)56/h2-5,18-22,24,27,33H,6-17,23H2,1H3,(H2,46,48)(H,47,55)(H,50,54,56)/t24-,33?/m1/s1. The van der Waals surface area contributed by atoms with Gasteiger partial charge in [0.05, 0.1) is 54.8 Å². The minimum atomic E-state index is -1.07. The zero-order valence-electron chi connectivity index (χ0n) is 33.7. The Morgan fingerprint density at radius 2 is 1.73 bits per heavy atom. The molecule has 2 saturated heterocycles. The lowest BCUT2D eigenvalue weighted by Crippen LogP contribution is -2.54. The van der Waals surface area contributed by atoms with Gasteiger partial charge in [0.15, 0.2) is 18.2 Å². The van der Waals surface area contributed by atoms with Crippen molar-refractivity contribution in [3.63, 3.8) is 0 Å². The van der Waals surface area contributed by atoms with Gasteiger partial charge in [0.2, 0.25) is 11.8 Å². The third-order valence-corrected chi connectivity index (χ3v) is 11.5. The maximum Gasteiger partial charge on any atom is 0.262 e. The lowest BCUT2D eigenvalue weighted by atomic mass is 10.0. The molecule has 5 amide bonds. The summed E-state index contributed by atoms with van der Waals surface area (Å²) in [6.07, 6.45) is 6.63. The number of nitrogens with one attached hydrogen (secondary N) is 2. The lowest BCUT2D eigenvalue weighted by molar-refractivity contribution is -0.136. The van der Waals surface area contributed by atoms with Crippen LogP contribution in [0.15, 0.2) is 55.0 Å². The Bertz CT molecular complexity index is 2340. The summed E-state index contributed by atoms with van der Waals surface area (Å²) in [6.45, 7) is 5.78. The number of nitrogen functional groups attached to an aromatic ring is 1. The molecule has 3 aliphatic heterocycles. The van der Waals surface area contributed by atoms with Gasteiger partial charge in [-0.2, -0.15) is 5.10 Å². The van der Waals surface area contributed by atoms with E-state index in [0.29, 0.717) is 31.1 Å². The van der Waals surface area contributed by atoms with Gasteiger partial charge in [-0.25, -0.2) is 9.37 Å². The van der Waals surface area contributed by atoms with Crippen molar-refractivity contribution in [2.24, 2.45) is 0 Å². The van der Waals surface area contributed by atoms with Crippen LogP contribution < -0.4 is 25.8 Å². The van der Waals surface area contributed by atoms with Crippen molar-refractivity contribution >= 4 is 58.6 Å². The van der Waals surface area contributed by atoms with Gasteiger partial charge < -0.3 is 34.9 Å². The van der Waals surface area contributed by atoms with Crippen molar-refractivity contribution in [2.75, 3.05) is 64.9 Å². The van der Waals surface area contributed by atoms with E-state index in [1.807, 2.05) is 10.9 Å². The van der Waals surface area contributed by atoms with Crippen LogP contribution in [0.5, 0.6) is 11.5 Å². The number of rotatable bonds is 18. The van der Waals surface area contributed by atoms with Gasteiger partial charge in [-0.3, -0.25) is 38.9 Å². The second-order valence-corrected chi connectivity index (χ2v) is 15.7. The van der Waals surface area contributed by atoms with Crippen LogP contribution >= 0.6 is 23.2 Å². The summed E-state index contributed by atoms with van der Waals surface area (Å²) in [7, 11) is 0. The SMILES string of the molecule is C[C@@H](Oc1cc(-c2cnn(C3CCN(CCOCCOCCNC(=O)COc4ccc5c(c4)C(=O)N(C4CCC(=O)NC4=O)C5=O)CC3)c2)cnc1N)c1c(Cl)ccc(F)c1Cl. The fourth-order valence-corrected chi connectivity index (χ4v) is 8.16. The summed E-state index contributed by atoms with van der Waals surface area (Å²) >= 11 is 12.5. The molecule has 7 rings (SSSR count). The molecule has 2 aromatic heterocycles. The van der Waals surface area contributed by atoms with Crippen molar-refractivity contribution in [1.82, 2.24) is 35.2 Å². The van der Waals surface area contributed by atoms with Crippen LogP contribution in [0.3, 0.4) is 0 Å². The Labute approximate surface area is 365 Å². The van der Waals surface area contributed by atoms with Crippen LogP contribution in [0, 0.1) is 5.82 Å². The highest BCUT2D eigenvalue weighted by atomic mass is 35.5. The number of benzene rings is 2. The smallest absolute Gasteiger partial charge is 0.262 e. The first-order valence-corrected chi connectivity index (χ1v) is 20.9. The molecule has 2 fully saturated rings. The number of halogens is 3. The van der Waals surface area contributed by atoms with Crippen molar-refractivity contribution in [3.05, 3.63) is 87.5 Å². The van der Waals surface area contributed by atoms with Crippen LogP contribution in [-0.2, 0) is 23.9 Å². The molecular formula is C42H45Cl2FN8O9. The van der Waals surface area contributed by atoms with E-state index in [1.54, 1.807) is 25.4 Å². The number of anilines is 1. The van der Waals surface area contributed by atoms with Gasteiger partial charge in [-0.15, -0.1) is 0 Å². The normalized spacial score (nSPS) is 17.5. The Morgan fingerprint density at radius 3 is 2.50 bits per heavy atom. The molecule has 0 bridgehead atoms. The third-order valence-electron chi connectivity index (χ3n) is 10.8. The number of fused-ring (bicyclic) bond motifs is 1. The summed E-state index contributed by atoms with van der Waals surface area (Å²) in [5, 5.41) is 9.66. The highest BCUT2D eigenvalue weighted by Gasteiger charge is 2.44. The summed E-state index contributed by atoms with van der Waals surface area (Å²) in [4.78, 5) is 69.5. The largest absolute Gasteiger partial charge is 0.484 e. The molecule has 5 heterocycles. The summed E-state index contributed by atoms with van der Waals surface area (Å²) in [5.74, 6) is -2.73. The van der Waals surface area contributed by atoms with E-state index >= 15 is 0 Å². The number of hydrogen-bond donors (Lipinski definition) is 3. The minimum absolute atomic E-state index is 0.0233. The number of nitrogens with two attached hydrogens (primary N) is 1. The molecule has 0 aliphatic carbocycles. The molecule has 3 aliphatic rings. The number of pyridine rings is 1. The van der Waals surface area contributed by atoms with Crippen LogP contribution in [0.2, 0.25) is 10.0 Å². The molecule has 4 aromatic rings. The van der Waals surface area contributed by atoms with E-state index in [2.05, 4.69) is 25.6 Å². The van der Waals surface area contributed by atoms with Gasteiger partial charge in [0.1, 0.15) is 23.7 Å². The minimum Gasteiger partial charge on any atom is -0.484 e. The Hall–Kier alpha value is -5.66. The zero-order chi connectivity index (χ0) is 43.9. The maximum atomic E-state index is 14.1. The highest BCUT2D eigenvalue weighted by Crippen LogP contribution is 2.37. The molecule has 0 saturated carbocycles. The Morgan fingerprint density at radius 1 is 0.968 bits per heavy atom. The van der Waals surface area contributed by atoms with Crippen LogP contribution in [-0.4, -0.2) is 119 Å². The first-order valence-electron chi connectivity index (χ1n) is 20.1. The van der Waals surface area contributed by atoms with Crippen LogP contribution in [0.1, 0.15) is 71.0 Å². The number of piperidine rings is 2. The van der Waals surface area contributed by atoms with E-state index < -0.39 is 47.5 Å². The second-order valence-electron chi connectivity index (χ2n) is 14.9. The van der Waals surface area contributed by atoms with Crippen molar-refractivity contribution in [3.8, 4) is 22.6 Å². The molecular weight excluding hydrogens is 850 g/mol. The lowest BCUT2D eigenvalue weighted by Gasteiger charge is -2.31. The number of aromatic nitrogens is 3. The fourth-order valence-electron chi connectivity index (χ4n) is 7.48. The second kappa shape index (κ2) is 20.0. The summed E-state index contributed by atoms with van der Waals surface area (Å²) in [6, 6.07) is 7.80. The highest BCUT2D eigenvalue weighted by molar-refractivity contribution is 6.36. The number of amides is 5. The zero-order valence-corrected chi connectivity index (χ0v) is 35.3. The molecule has 0 radical (unpaired) electrons. The van der Waals surface area contributed by atoms with Gasteiger partial charge in [0.25, 0.3) is 17.7 Å². The number of ether oxygens (including phenoxy) is 4. The van der Waals surface area contributed by atoms with E-state index in [-0.39, 0.29) is 71.4 Å². The average Bonchev–Trinajstić information content (AvgIpc) is 3.84. The van der Waals surface area contributed by atoms with Crippen molar-refractivity contribution < 1.29 is 47.3 Å². The molecule has 2 atom stereocenters. The van der Waals surface area contributed by atoms with Gasteiger partial charge in [0, 0.05) is 66.7 Å². The first-order chi connectivity index (χ1) is 29.9. The molecule has 0 spiro atoms. The number of hydrogen-bond acceptors (Lipinski definition) is 13. The number of nitrogens with zero attached hydrogens (tertiary/aromatic N) is 5. The molecule has 2 aromatic carbocycles. The fraction of sp³-hybridized carbons (Fsp3) is 0.405.